The number of methoxy groups -OCH3 is 1. The van der Waals surface area contributed by atoms with Crippen LogP contribution >= 0.6 is 0 Å². The molecule has 0 aliphatic rings. The van der Waals surface area contributed by atoms with Gasteiger partial charge in [0.05, 0.1) is 6.61 Å². The zero-order chi connectivity index (χ0) is 15.1. The van der Waals surface area contributed by atoms with Gasteiger partial charge in [-0.25, -0.2) is 0 Å². The van der Waals surface area contributed by atoms with Crippen molar-refractivity contribution in [2.45, 2.75) is 27.2 Å². The van der Waals surface area contributed by atoms with Crippen LogP contribution in [0.1, 0.15) is 23.1 Å². The van der Waals surface area contributed by atoms with E-state index in [9.17, 15) is 9.59 Å². The third-order valence-corrected chi connectivity index (χ3v) is 2.89. The number of nitrogens with one attached hydrogen (secondary N) is 2. The first-order valence-corrected chi connectivity index (χ1v) is 6.57. The molecule has 1 rings (SSSR count). The fourth-order valence-corrected chi connectivity index (χ4v) is 2.06. The summed E-state index contributed by atoms with van der Waals surface area (Å²) in [5.41, 5.74) is 3.92. The van der Waals surface area contributed by atoms with E-state index in [0.29, 0.717) is 13.2 Å². The number of benzene rings is 1. The molecule has 0 aromatic heterocycles. The molecule has 0 heterocycles. The molecular formula is C15H22N2O3. The predicted octanol–water partition coefficient (Wildman–Crippen LogP) is 1.70. The summed E-state index contributed by atoms with van der Waals surface area (Å²) in [5.74, 6) is -0.614. The molecule has 0 spiro atoms. The van der Waals surface area contributed by atoms with Gasteiger partial charge in [0.25, 0.3) is 0 Å². The molecule has 2 amide bonds. The topological polar surface area (TPSA) is 67.4 Å². The van der Waals surface area contributed by atoms with E-state index in [2.05, 4.69) is 10.6 Å². The van der Waals surface area contributed by atoms with Crippen LogP contribution in [0.25, 0.3) is 0 Å². The molecule has 20 heavy (non-hydrogen) atoms. The van der Waals surface area contributed by atoms with Gasteiger partial charge in [0.1, 0.15) is 6.42 Å². The molecular weight excluding hydrogens is 256 g/mol. The molecule has 5 nitrogen and oxygen atoms in total. The molecule has 0 atom stereocenters. The first-order valence-electron chi connectivity index (χ1n) is 6.57. The van der Waals surface area contributed by atoms with Crippen molar-refractivity contribution in [2.75, 3.05) is 25.6 Å². The van der Waals surface area contributed by atoms with Crippen molar-refractivity contribution in [3.8, 4) is 0 Å². The molecule has 0 unspecified atom stereocenters. The van der Waals surface area contributed by atoms with E-state index in [1.54, 1.807) is 7.11 Å². The number of anilines is 1. The molecule has 0 aliphatic carbocycles. The van der Waals surface area contributed by atoms with Gasteiger partial charge in [-0.1, -0.05) is 17.7 Å². The van der Waals surface area contributed by atoms with Crippen LogP contribution in [0.5, 0.6) is 0 Å². The summed E-state index contributed by atoms with van der Waals surface area (Å²) in [4.78, 5) is 23.4. The maximum Gasteiger partial charge on any atom is 0.233 e. The maximum absolute atomic E-state index is 11.8. The number of carbonyl (C=O) groups excluding carboxylic acids is 2. The van der Waals surface area contributed by atoms with Gasteiger partial charge in [0.2, 0.25) is 11.8 Å². The highest BCUT2D eigenvalue weighted by Crippen LogP contribution is 2.21. The zero-order valence-corrected chi connectivity index (χ0v) is 12.5. The highest BCUT2D eigenvalue weighted by molar-refractivity contribution is 6.04. The highest BCUT2D eigenvalue weighted by atomic mass is 16.5. The average Bonchev–Trinajstić information content (AvgIpc) is 2.34. The van der Waals surface area contributed by atoms with Crippen LogP contribution in [-0.4, -0.2) is 32.1 Å². The Bertz CT molecular complexity index is 475. The Morgan fingerprint density at radius 3 is 2.25 bits per heavy atom. The number of hydrogen-bond acceptors (Lipinski definition) is 3. The maximum atomic E-state index is 11.8. The van der Waals surface area contributed by atoms with E-state index in [0.717, 1.165) is 22.4 Å². The van der Waals surface area contributed by atoms with Crippen molar-refractivity contribution in [3.63, 3.8) is 0 Å². The quantitative estimate of drug-likeness (QED) is 0.615. The van der Waals surface area contributed by atoms with Crippen molar-refractivity contribution in [1.29, 1.82) is 0 Å². The molecule has 0 fully saturated rings. The Kier molecular flexibility index (Phi) is 6.18. The lowest BCUT2D eigenvalue weighted by atomic mass is 10.1. The highest BCUT2D eigenvalue weighted by Gasteiger charge is 2.12. The number of amides is 2. The van der Waals surface area contributed by atoms with Crippen molar-refractivity contribution in [1.82, 2.24) is 5.32 Å². The molecule has 0 radical (unpaired) electrons. The van der Waals surface area contributed by atoms with Crippen LogP contribution in [0.3, 0.4) is 0 Å². The SMILES string of the molecule is COCCNC(=O)CC(=O)Nc1c(C)cc(C)cc1C. The van der Waals surface area contributed by atoms with Gasteiger partial charge < -0.3 is 15.4 Å². The minimum Gasteiger partial charge on any atom is -0.383 e. The lowest BCUT2D eigenvalue weighted by molar-refractivity contribution is -0.126. The predicted molar refractivity (Wildman–Crippen MR) is 78.8 cm³/mol. The lowest BCUT2D eigenvalue weighted by Gasteiger charge is -2.12. The first kappa shape index (κ1) is 16.2. The van der Waals surface area contributed by atoms with E-state index >= 15 is 0 Å². The fourth-order valence-electron chi connectivity index (χ4n) is 2.06. The van der Waals surface area contributed by atoms with Gasteiger partial charge in [-0.3, -0.25) is 9.59 Å². The summed E-state index contributed by atoms with van der Waals surface area (Å²) in [6.07, 6.45) is -0.184. The van der Waals surface area contributed by atoms with Gasteiger partial charge >= 0.3 is 0 Å². The van der Waals surface area contributed by atoms with Crippen LogP contribution in [0.2, 0.25) is 0 Å². The van der Waals surface area contributed by atoms with Crippen LogP contribution in [0, 0.1) is 20.8 Å². The van der Waals surface area contributed by atoms with Crippen molar-refractivity contribution < 1.29 is 14.3 Å². The summed E-state index contributed by atoms with van der Waals surface area (Å²) in [6, 6.07) is 4.00. The lowest BCUT2D eigenvalue weighted by Crippen LogP contribution is -2.30. The molecule has 1 aromatic carbocycles. The van der Waals surface area contributed by atoms with Crippen molar-refractivity contribution >= 4 is 17.5 Å². The summed E-state index contributed by atoms with van der Waals surface area (Å²) >= 11 is 0. The monoisotopic (exact) mass is 278 g/mol. The second-order valence-electron chi connectivity index (χ2n) is 4.84. The summed E-state index contributed by atoms with van der Waals surface area (Å²) in [5, 5.41) is 5.41. The Balaban J connectivity index is 2.57. The number of carbonyl (C=O) groups is 2. The van der Waals surface area contributed by atoms with Gasteiger partial charge in [-0.15, -0.1) is 0 Å². The fraction of sp³-hybridized carbons (Fsp3) is 0.467. The van der Waals surface area contributed by atoms with Crippen LogP contribution in [0.15, 0.2) is 12.1 Å². The van der Waals surface area contributed by atoms with Gasteiger partial charge in [-0.05, 0) is 31.9 Å². The minimum atomic E-state index is -0.310. The van der Waals surface area contributed by atoms with Crippen molar-refractivity contribution in [3.05, 3.63) is 28.8 Å². The van der Waals surface area contributed by atoms with Crippen LogP contribution in [0.4, 0.5) is 5.69 Å². The third-order valence-electron chi connectivity index (χ3n) is 2.89. The third kappa shape index (κ3) is 5.01. The summed E-state index contributed by atoms with van der Waals surface area (Å²) < 4.78 is 4.82. The molecule has 0 saturated heterocycles. The van der Waals surface area contributed by atoms with Gasteiger partial charge in [-0.2, -0.15) is 0 Å². The molecule has 2 N–H and O–H groups in total. The standard InChI is InChI=1S/C15H22N2O3/c1-10-7-11(2)15(12(3)8-10)17-14(19)9-13(18)16-5-6-20-4/h7-8H,5-6,9H2,1-4H3,(H,16,18)(H,17,19). The summed E-state index contributed by atoms with van der Waals surface area (Å²) in [6.45, 7) is 6.73. The number of ether oxygens (including phenoxy) is 1. The Morgan fingerprint density at radius 1 is 1.10 bits per heavy atom. The van der Waals surface area contributed by atoms with Crippen molar-refractivity contribution in [2.24, 2.45) is 0 Å². The van der Waals surface area contributed by atoms with Crippen LogP contribution in [-0.2, 0) is 14.3 Å². The van der Waals surface area contributed by atoms with E-state index in [-0.39, 0.29) is 18.2 Å². The van der Waals surface area contributed by atoms with Gasteiger partial charge in [0.15, 0.2) is 0 Å². The molecule has 110 valence electrons. The Morgan fingerprint density at radius 2 is 1.70 bits per heavy atom. The van der Waals surface area contributed by atoms with E-state index < -0.39 is 0 Å². The Hall–Kier alpha value is -1.88. The molecule has 0 aliphatic heterocycles. The molecule has 0 bridgehead atoms. The summed E-state index contributed by atoms with van der Waals surface area (Å²) in [7, 11) is 1.56. The van der Waals surface area contributed by atoms with Crippen LogP contribution < -0.4 is 10.6 Å². The average molecular weight is 278 g/mol. The number of rotatable bonds is 6. The number of hydrogen-bond donors (Lipinski definition) is 2. The second kappa shape index (κ2) is 7.65. The van der Waals surface area contributed by atoms with E-state index in [1.165, 1.54) is 0 Å². The second-order valence-corrected chi connectivity index (χ2v) is 4.84. The minimum absolute atomic E-state index is 0.184. The van der Waals surface area contributed by atoms with Gasteiger partial charge in [0, 0.05) is 19.3 Å². The van der Waals surface area contributed by atoms with E-state index in [1.807, 2.05) is 32.9 Å². The first-order chi connectivity index (χ1) is 9.43. The Labute approximate surface area is 119 Å². The smallest absolute Gasteiger partial charge is 0.233 e. The molecule has 1 aromatic rings. The normalized spacial score (nSPS) is 10.2. The van der Waals surface area contributed by atoms with E-state index in [4.69, 9.17) is 4.74 Å². The largest absolute Gasteiger partial charge is 0.383 e. The molecule has 0 saturated carbocycles. The zero-order valence-electron chi connectivity index (χ0n) is 12.5. The molecule has 5 heteroatoms. The number of aryl methyl sites for hydroxylation is 3.